The van der Waals surface area contributed by atoms with Crippen molar-refractivity contribution in [2.24, 2.45) is 5.92 Å². The highest BCUT2D eigenvalue weighted by Crippen LogP contribution is 2.27. The van der Waals surface area contributed by atoms with Crippen molar-refractivity contribution in [3.05, 3.63) is 25.3 Å². The predicted octanol–water partition coefficient (Wildman–Crippen LogP) is 3.89. The summed E-state index contributed by atoms with van der Waals surface area (Å²) in [5, 5.41) is 0. The van der Waals surface area contributed by atoms with E-state index in [1.54, 1.807) is 0 Å². The topological polar surface area (TPSA) is 108 Å². The van der Waals surface area contributed by atoms with Crippen LogP contribution in [0.15, 0.2) is 25.3 Å². The summed E-state index contributed by atoms with van der Waals surface area (Å²) in [5.41, 5.74) is 0. The molecule has 0 aromatic carbocycles. The van der Waals surface area contributed by atoms with Gasteiger partial charge < -0.3 is 23.8 Å². The smallest absolute Gasteiger partial charge is 0.330 e. The lowest BCUT2D eigenvalue weighted by molar-refractivity contribution is -0.173. The maximum atomic E-state index is 13.3. The van der Waals surface area contributed by atoms with Gasteiger partial charge in [-0.05, 0) is 70.9 Å². The average Bonchev–Trinajstić information content (AvgIpc) is 2.90. The van der Waals surface area contributed by atoms with Crippen LogP contribution in [0.4, 0.5) is 0 Å². The van der Waals surface area contributed by atoms with Gasteiger partial charge in [-0.1, -0.05) is 27.0 Å². The highest BCUT2D eigenvalue weighted by Gasteiger charge is 2.35. The molecule has 208 valence electrons. The van der Waals surface area contributed by atoms with Crippen LogP contribution in [0.25, 0.3) is 0 Å². The predicted molar refractivity (Wildman–Crippen MR) is 137 cm³/mol. The van der Waals surface area contributed by atoms with Crippen molar-refractivity contribution < 1.29 is 38.1 Å². The third-order valence-electron chi connectivity index (χ3n) is 7.11. The van der Waals surface area contributed by atoms with Crippen molar-refractivity contribution in [3.63, 3.8) is 0 Å². The van der Waals surface area contributed by atoms with Crippen LogP contribution in [-0.2, 0) is 38.1 Å². The summed E-state index contributed by atoms with van der Waals surface area (Å²) >= 11 is 0. The van der Waals surface area contributed by atoms with Gasteiger partial charge in [-0.3, -0.25) is 9.59 Å². The Morgan fingerprint density at radius 1 is 0.757 bits per heavy atom. The van der Waals surface area contributed by atoms with Crippen LogP contribution >= 0.6 is 0 Å². The summed E-state index contributed by atoms with van der Waals surface area (Å²) in [6, 6.07) is 0. The van der Waals surface area contributed by atoms with E-state index >= 15 is 0 Å². The van der Waals surface area contributed by atoms with Crippen LogP contribution in [0.5, 0.6) is 0 Å². The molecular formula is C28H43NO8. The molecule has 5 unspecified atom stereocenters. The number of ether oxygens (including phenoxy) is 4. The number of hydrogen-bond donors (Lipinski definition) is 0. The van der Waals surface area contributed by atoms with Crippen molar-refractivity contribution in [2.45, 2.75) is 102 Å². The number of nitrogens with zero attached hydrogens (tertiary/aromatic N) is 1. The fraction of sp³-hybridized carbons (Fsp3) is 0.714. The molecule has 2 saturated carbocycles. The molecule has 9 nitrogen and oxygen atoms in total. The molecule has 0 radical (unpaired) electrons. The molecule has 0 aliphatic heterocycles. The Morgan fingerprint density at radius 2 is 1.19 bits per heavy atom. The Kier molecular flexibility index (Phi) is 13.4. The van der Waals surface area contributed by atoms with Crippen LogP contribution in [-0.4, -0.2) is 72.8 Å². The van der Waals surface area contributed by atoms with E-state index in [0.717, 1.165) is 50.9 Å². The van der Waals surface area contributed by atoms with Gasteiger partial charge in [-0.15, -0.1) is 0 Å². The van der Waals surface area contributed by atoms with E-state index in [9.17, 15) is 19.2 Å². The fourth-order valence-corrected chi connectivity index (χ4v) is 4.90. The molecule has 0 amide bonds. The number of esters is 4. The second kappa shape index (κ2) is 16.2. The first-order chi connectivity index (χ1) is 17.8. The minimum absolute atomic E-state index is 0.0409. The third kappa shape index (κ3) is 10.3. The van der Waals surface area contributed by atoms with Gasteiger partial charge in [0.25, 0.3) is 0 Å². The van der Waals surface area contributed by atoms with Crippen molar-refractivity contribution >= 4 is 23.9 Å². The summed E-state index contributed by atoms with van der Waals surface area (Å²) in [6.45, 7) is 12.8. The van der Waals surface area contributed by atoms with Crippen molar-refractivity contribution in [1.82, 2.24) is 4.90 Å². The second-order valence-electron chi connectivity index (χ2n) is 9.65. The van der Waals surface area contributed by atoms with Crippen molar-refractivity contribution in [3.8, 4) is 0 Å². The number of carbonyl (C=O) groups excluding carboxylic acids is 4. The minimum atomic E-state index is -0.536. The lowest BCUT2D eigenvalue weighted by Gasteiger charge is -2.32. The standard InChI is InChI=1S/C28H43NO8/c1-5-25(30)34-21-13-9-10-14-22(21)36-27(32)18-17-20(19-29(7-3)8-4)28(33)37-24-16-12-11-15-23(24)35-26(31)6-2/h5-6,20-24H,1-2,7-19H2,3-4H3. The lowest BCUT2D eigenvalue weighted by Crippen LogP contribution is -2.41. The number of rotatable bonds is 14. The van der Waals surface area contributed by atoms with Crippen LogP contribution in [0.2, 0.25) is 0 Å². The summed E-state index contributed by atoms with van der Waals surface area (Å²) in [4.78, 5) is 51.5. The minimum Gasteiger partial charge on any atom is -0.458 e. The molecule has 0 aromatic heterocycles. The van der Waals surface area contributed by atoms with Crippen LogP contribution in [0.3, 0.4) is 0 Å². The Bertz CT molecular complexity index is 793. The number of hydrogen-bond acceptors (Lipinski definition) is 9. The van der Waals surface area contributed by atoms with Gasteiger partial charge in [-0.25, -0.2) is 9.59 Å². The molecule has 0 saturated heterocycles. The number of carbonyl (C=O) groups is 4. The molecule has 2 fully saturated rings. The van der Waals surface area contributed by atoms with Gasteiger partial charge in [0.2, 0.25) is 0 Å². The highest BCUT2D eigenvalue weighted by molar-refractivity contribution is 5.82. The van der Waals surface area contributed by atoms with E-state index in [-0.39, 0.29) is 12.8 Å². The maximum absolute atomic E-state index is 13.3. The average molecular weight is 522 g/mol. The molecule has 0 N–H and O–H groups in total. The second-order valence-corrected chi connectivity index (χ2v) is 9.65. The van der Waals surface area contributed by atoms with E-state index in [2.05, 4.69) is 18.1 Å². The first kappa shape index (κ1) is 30.5. The molecule has 2 aliphatic rings. The highest BCUT2D eigenvalue weighted by atomic mass is 16.6. The van der Waals surface area contributed by atoms with Crippen LogP contribution < -0.4 is 0 Å². The summed E-state index contributed by atoms with van der Waals surface area (Å²) in [7, 11) is 0. The van der Waals surface area contributed by atoms with E-state index in [1.165, 1.54) is 0 Å². The normalized spacial score (nSPS) is 24.4. The van der Waals surface area contributed by atoms with Gasteiger partial charge in [0, 0.05) is 25.1 Å². The molecule has 0 bridgehead atoms. The molecule has 0 heterocycles. The summed E-state index contributed by atoms with van der Waals surface area (Å²) in [6.07, 6.45) is 6.58. The third-order valence-corrected chi connectivity index (χ3v) is 7.11. The molecule has 2 rings (SSSR count). The van der Waals surface area contributed by atoms with E-state index < -0.39 is 54.2 Å². The van der Waals surface area contributed by atoms with Crippen LogP contribution in [0, 0.1) is 5.92 Å². The molecule has 0 aromatic rings. The maximum Gasteiger partial charge on any atom is 0.330 e. The lowest BCUT2D eigenvalue weighted by atomic mass is 9.94. The largest absolute Gasteiger partial charge is 0.458 e. The summed E-state index contributed by atoms with van der Waals surface area (Å²) in [5.74, 6) is -2.43. The first-order valence-electron chi connectivity index (χ1n) is 13.6. The van der Waals surface area contributed by atoms with Gasteiger partial charge in [0.15, 0.2) is 0 Å². The van der Waals surface area contributed by atoms with E-state index in [0.29, 0.717) is 32.2 Å². The van der Waals surface area contributed by atoms with Gasteiger partial charge >= 0.3 is 23.9 Å². The quantitative estimate of drug-likeness (QED) is 0.191. The zero-order valence-corrected chi connectivity index (χ0v) is 22.4. The van der Waals surface area contributed by atoms with E-state index in [4.69, 9.17) is 18.9 Å². The van der Waals surface area contributed by atoms with Crippen molar-refractivity contribution in [2.75, 3.05) is 19.6 Å². The van der Waals surface area contributed by atoms with Gasteiger partial charge in [0.1, 0.15) is 24.4 Å². The van der Waals surface area contributed by atoms with E-state index in [1.807, 2.05) is 13.8 Å². The first-order valence-corrected chi connectivity index (χ1v) is 13.6. The van der Waals surface area contributed by atoms with Crippen LogP contribution in [0.1, 0.15) is 78.1 Å². The Morgan fingerprint density at radius 3 is 1.62 bits per heavy atom. The molecule has 5 atom stereocenters. The Labute approximate surface area is 220 Å². The molecule has 2 aliphatic carbocycles. The zero-order chi connectivity index (χ0) is 27.2. The molecular weight excluding hydrogens is 478 g/mol. The Balaban J connectivity index is 2.00. The van der Waals surface area contributed by atoms with Gasteiger partial charge in [-0.2, -0.15) is 0 Å². The van der Waals surface area contributed by atoms with Crippen molar-refractivity contribution in [1.29, 1.82) is 0 Å². The molecule has 9 heteroatoms. The molecule has 0 spiro atoms. The fourth-order valence-electron chi connectivity index (χ4n) is 4.90. The molecule has 37 heavy (non-hydrogen) atoms. The monoisotopic (exact) mass is 521 g/mol. The van der Waals surface area contributed by atoms with Gasteiger partial charge in [0.05, 0.1) is 5.92 Å². The Hall–Kier alpha value is -2.68. The summed E-state index contributed by atoms with van der Waals surface area (Å²) < 4.78 is 22.3. The SMILES string of the molecule is C=CC(=O)OC1CCCCC1OC(=O)CCC(CN(CC)CC)C(=O)OC1CCCCC1OC(=O)C=C. The zero-order valence-electron chi connectivity index (χ0n) is 22.4.